The van der Waals surface area contributed by atoms with Crippen LogP contribution in [0.2, 0.25) is 0 Å². The Labute approximate surface area is 135 Å². The molecule has 3 rings (SSSR count). The van der Waals surface area contributed by atoms with Crippen LogP contribution >= 0.6 is 23.6 Å². The third-order valence-corrected chi connectivity index (χ3v) is 5.31. The molecule has 0 saturated carbocycles. The molecule has 0 aliphatic carbocycles. The summed E-state index contributed by atoms with van der Waals surface area (Å²) >= 11 is 7.45. The summed E-state index contributed by atoms with van der Waals surface area (Å²) in [5, 5.41) is 6.38. The van der Waals surface area contributed by atoms with Crippen LogP contribution in [-0.4, -0.2) is 16.6 Å². The minimum atomic E-state index is 0.444. The molecule has 2 nitrogen and oxygen atoms in total. The maximum absolute atomic E-state index is 5.63. The van der Waals surface area contributed by atoms with Gasteiger partial charge >= 0.3 is 0 Å². The average molecular weight is 316 g/mol. The fourth-order valence-corrected chi connectivity index (χ4v) is 4.02. The van der Waals surface area contributed by atoms with E-state index >= 15 is 0 Å². The molecule has 2 heterocycles. The standard InChI is InChI=1S/C17H20N2S2/c1-2-13-7-9-14(10-8-13)18-17(20)19-11-3-5-15(19)16-6-4-12-21-16/h4,6-10,12,15H,2-3,5,11H2,1H3,(H,18,20)/t15-/m1/s1. The molecule has 0 radical (unpaired) electrons. The summed E-state index contributed by atoms with van der Waals surface area (Å²) in [6.07, 6.45) is 3.47. The first-order valence-corrected chi connectivity index (χ1v) is 8.76. The molecule has 1 saturated heterocycles. The molecule has 0 amide bonds. The van der Waals surface area contributed by atoms with Gasteiger partial charge < -0.3 is 10.2 Å². The quantitative estimate of drug-likeness (QED) is 0.815. The van der Waals surface area contributed by atoms with Gasteiger partial charge in [0, 0.05) is 17.1 Å². The van der Waals surface area contributed by atoms with E-state index in [2.05, 4.69) is 58.9 Å². The summed E-state index contributed by atoms with van der Waals surface area (Å²) in [5.74, 6) is 0. The highest BCUT2D eigenvalue weighted by atomic mass is 32.1. The maximum atomic E-state index is 5.63. The van der Waals surface area contributed by atoms with Crippen LogP contribution in [0.1, 0.15) is 36.2 Å². The van der Waals surface area contributed by atoms with Gasteiger partial charge in [0.15, 0.2) is 5.11 Å². The second-order valence-corrected chi connectivity index (χ2v) is 6.71. The largest absolute Gasteiger partial charge is 0.341 e. The SMILES string of the molecule is CCc1ccc(NC(=S)N2CCC[C@@H]2c2cccs2)cc1. The van der Waals surface area contributed by atoms with Gasteiger partial charge in [-0.3, -0.25) is 0 Å². The highest BCUT2D eigenvalue weighted by Crippen LogP contribution is 2.34. The lowest BCUT2D eigenvalue weighted by Gasteiger charge is -2.27. The van der Waals surface area contributed by atoms with Gasteiger partial charge in [0.25, 0.3) is 0 Å². The summed E-state index contributed by atoms with van der Waals surface area (Å²) in [6, 6.07) is 13.3. The van der Waals surface area contributed by atoms with Gasteiger partial charge in [0.1, 0.15) is 0 Å². The summed E-state index contributed by atoms with van der Waals surface area (Å²) in [7, 11) is 0. The Morgan fingerprint density at radius 1 is 1.33 bits per heavy atom. The summed E-state index contributed by atoms with van der Waals surface area (Å²) < 4.78 is 0. The van der Waals surface area contributed by atoms with Crippen molar-refractivity contribution in [3.8, 4) is 0 Å². The Hall–Kier alpha value is -1.39. The fourth-order valence-electron chi connectivity index (χ4n) is 2.81. The molecule has 0 spiro atoms. The Morgan fingerprint density at radius 2 is 2.14 bits per heavy atom. The van der Waals surface area contributed by atoms with E-state index in [1.165, 1.54) is 23.3 Å². The number of anilines is 1. The van der Waals surface area contributed by atoms with Crippen molar-refractivity contribution in [2.75, 3.05) is 11.9 Å². The first-order valence-electron chi connectivity index (χ1n) is 7.48. The highest BCUT2D eigenvalue weighted by Gasteiger charge is 2.28. The van der Waals surface area contributed by atoms with Gasteiger partial charge in [-0.15, -0.1) is 11.3 Å². The molecule has 1 fully saturated rings. The van der Waals surface area contributed by atoms with E-state index in [0.717, 1.165) is 23.8 Å². The number of aryl methyl sites for hydroxylation is 1. The Balaban J connectivity index is 1.69. The van der Waals surface area contributed by atoms with Gasteiger partial charge in [-0.25, -0.2) is 0 Å². The third-order valence-electron chi connectivity index (χ3n) is 4.00. The van der Waals surface area contributed by atoms with Crippen LogP contribution in [0.3, 0.4) is 0 Å². The van der Waals surface area contributed by atoms with Crippen LogP contribution in [0, 0.1) is 0 Å². The topological polar surface area (TPSA) is 15.3 Å². The van der Waals surface area contributed by atoms with E-state index in [1.54, 1.807) is 0 Å². The second kappa shape index (κ2) is 6.58. The number of hydrogen-bond acceptors (Lipinski definition) is 2. The van der Waals surface area contributed by atoms with Gasteiger partial charge in [0.2, 0.25) is 0 Å². The minimum absolute atomic E-state index is 0.444. The molecule has 2 aromatic rings. The Bertz CT molecular complexity index is 590. The molecule has 0 bridgehead atoms. The number of thiocarbonyl (C=S) groups is 1. The van der Waals surface area contributed by atoms with Crippen LogP contribution in [0.5, 0.6) is 0 Å². The van der Waals surface area contributed by atoms with Gasteiger partial charge in [-0.05, 0) is 60.6 Å². The predicted octanol–water partition coefficient (Wildman–Crippen LogP) is 4.84. The molecular weight excluding hydrogens is 296 g/mol. The molecule has 1 aliphatic rings. The summed E-state index contributed by atoms with van der Waals surface area (Å²) in [4.78, 5) is 3.74. The number of rotatable bonds is 3. The Morgan fingerprint density at radius 3 is 2.81 bits per heavy atom. The lowest BCUT2D eigenvalue weighted by atomic mass is 10.1. The van der Waals surface area contributed by atoms with Crippen molar-refractivity contribution >= 4 is 34.4 Å². The van der Waals surface area contributed by atoms with Crippen molar-refractivity contribution in [2.24, 2.45) is 0 Å². The summed E-state index contributed by atoms with van der Waals surface area (Å²) in [5.41, 5.74) is 2.43. The Kier molecular flexibility index (Phi) is 4.56. The van der Waals surface area contributed by atoms with Crippen molar-refractivity contribution in [1.82, 2.24) is 4.90 Å². The number of benzene rings is 1. The van der Waals surface area contributed by atoms with E-state index in [4.69, 9.17) is 12.2 Å². The molecule has 1 N–H and O–H groups in total. The first kappa shape index (κ1) is 14.5. The van der Waals surface area contributed by atoms with E-state index in [9.17, 15) is 0 Å². The molecule has 21 heavy (non-hydrogen) atoms. The molecule has 1 atom stereocenters. The molecule has 1 aromatic carbocycles. The minimum Gasteiger partial charge on any atom is -0.341 e. The predicted molar refractivity (Wildman–Crippen MR) is 95.0 cm³/mol. The lowest BCUT2D eigenvalue weighted by molar-refractivity contribution is 0.412. The molecular formula is C17H20N2S2. The second-order valence-electron chi connectivity index (χ2n) is 5.35. The van der Waals surface area contributed by atoms with Crippen LogP contribution in [0.4, 0.5) is 5.69 Å². The monoisotopic (exact) mass is 316 g/mol. The van der Waals surface area contributed by atoms with Crippen LogP contribution < -0.4 is 5.32 Å². The van der Waals surface area contributed by atoms with Crippen molar-refractivity contribution in [3.63, 3.8) is 0 Å². The number of likely N-dealkylation sites (tertiary alicyclic amines) is 1. The normalized spacial score (nSPS) is 18.0. The highest BCUT2D eigenvalue weighted by molar-refractivity contribution is 7.80. The van der Waals surface area contributed by atoms with Gasteiger partial charge in [-0.1, -0.05) is 25.1 Å². The first-order chi connectivity index (χ1) is 10.3. The van der Waals surface area contributed by atoms with Gasteiger partial charge in [0.05, 0.1) is 6.04 Å². The van der Waals surface area contributed by atoms with Crippen molar-refractivity contribution in [2.45, 2.75) is 32.2 Å². The van der Waals surface area contributed by atoms with Crippen LogP contribution in [-0.2, 0) is 6.42 Å². The van der Waals surface area contributed by atoms with Crippen molar-refractivity contribution in [1.29, 1.82) is 0 Å². The zero-order valence-electron chi connectivity index (χ0n) is 12.2. The number of nitrogens with zero attached hydrogens (tertiary/aromatic N) is 1. The lowest BCUT2D eigenvalue weighted by Crippen LogP contribution is -2.33. The average Bonchev–Trinajstić information content (AvgIpc) is 3.18. The molecule has 0 unspecified atom stereocenters. The molecule has 1 aliphatic heterocycles. The zero-order chi connectivity index (χ0) is 14.7. The fraction of sp³-hybridized carbons (Fsp3) is 0.353. The van der Waals surface area contributed by atoms with E-state index in [0.29, 0.717) is 6.04 Å². The zero-order valence-corrected chi connectivity index (χ0v) is 13.8. The van der Waals surface area contributed by atoms with Crippen molar-refractivity contribution < 1.29 is 0 Å². The molecule has 110 valence electrons. The van der Waals surface area contributed by atoms with Crippen LogP contribution in [0.15, 0.2) is 41.8 Å². The van der Waals surface area contributed by atoms with Crippen molar-refractivity contribution in [3.05, 3.63) is 52.2 Å². The maximum Gasteiger partial charge on any atom is 0.173 e. The van der Waals surface area contributed by atoms with E-state index in [1.807, 2.05) is 11.3 Å². The van der Waals surface area contributed by atoms with E-state index in [-0.39, 0.29) is 0 Å². The van der Waals surface area contributed by atoms with E-state index < -0.39 is 0 Å². The summed E-state index contributed by atoms with van der Waals surface area (Å²) in [6.45, 7) is 3.21. The van der Waals surface area contributed by atoms with Crippen LogP contribution in [0.25, 0.3) is 0 Å². The smallest absolute Gasteiger partial charge is 0.173 e. The third kappa shape index (κ3) is 3.27. The number of nitrogens with one attached hydrogen (secondary N) is 1. The number of hydrogen-bond donors (Lipinski definition) is 1. The van der Waals surface area contributed by atoms with Gasteiger partial charge in [-0.2, -0.15) is 0 Å². The molecule has 4 heteroatoms. The molecule has 1 aromatic heterocycles. The number of thiophene rings is 1.